The van der Waals surface area contributed by atoms with Crippen LogP contribution in [0.3, 0.4) is 0 Å². The maximum absolute atomic E-state index is 11.9. The van der Waals surface area contributed by atoms with E-state index >= 15 is 0 Å². The third-order valence-electron chi connectivity index (χ3n) is 2.70. The Morgan fingerprint density at radius 3 is 2.74 bits per heavy atom. The van der Waals surface area contributed by atoms with Crippen molar-refractivity contribution in [3.63, 3.8) is 0 Å². The topological polar surface area (TPSA) is 86.0 Å². The molecule has 0 spiro atoms. The smallest absolute Gasteiger partial charge is 0.269 e. The van der Waals surface area contributed by atoms with E-state index in [0.29, 0.717) is 18.5 Å². The summed E-state index contributed by atoms with van der Waals surface area (Å²) in [7, 11) is 0. The van der Waals surface area contributed by atoms with Gasteiger partial charge < -0.3 is 10.4 Å². The number of rotatable bonds is 5. The fourth-order valence-electron chi connectivity index (χ4n) is 1.88. The van der Waals surface area contributed by atoms with E-state index in [9.17, 15) is 9.90 Å². The number of amides is 1. The van der Waals surface area contributed by atoms with Crippen LogP contribution in [0.5, 0.6) is 0 Å². The van der Waals surface area contributed by atoms with E-state index in [0.717, 1.165) is 0 Å². The van der Waals surface area contributed by atoms with Crippen molar-refractivity contribution >= 4 is 5.91 Å². The summed E-state index contributed by atoms with van der Waals surface area (Å²) >= 11 is 0. The molecule has 19 heavy (non-hydrogen) atoms. The number of nitrogens with one attached hydrogen (secondary N) is 1. The molecule has 0 fully saturated rings. The van der Waals surface area contributed by atoms with Crippen molar-refractivity contribution in [3.8, 4) is 6.07 Å². The Bertz CT molecular complexity index is 472. The minimum atomic E-state index is -0.403. The van der Waals surface area contributed by atoms with Gasteiger partial charge in [-0.2, -0.15) is 5.26 Å². The zero-order valence-corrected chi connectivity index (χ0v) is 11.5. The summed E-state index contributed by atoms with van der Waals surface area (Å²) in [5, 5.41) is 20.8. The highest BCUT2D eigenvalue weighted by atomic mass is 16.3. The molecule has 0 aliphatic heterocycles. The van der Waals surface area contributed by atoms with Crippen molar-refractivity contribution in [2.45, 2.75) is 33.3 Å². The lowest BCUT2D eigenvalue weighted by atomic mass is 9.87. The molecule has 0 radical (unpaired) electrons. The summed E-state index contributed by atoms with van der Waals surface area (Å²) in [5.41, 5.74) is 0.522. The summed E-state index contributed by atoms with van der Waals surface area (Å²) < 4.78 is 0. The molecule has 102 valence electrons. The molecule has 1 rings (SSSR count). The zero-order chi connectivity index (χ0) is 14.5. The van der Waals surface area contributed by atoms with E-state index in [1.165, 1.54) is 12.3 Å². The molecule has 1 heterocycles. The SMILES string of the molecule is CC(O)CC(C)(C)CNC(=O)c1ccc(C#N)cn1. The lowest BCUT2D eigenvalue weighted by Crippen LogP contribution is -2.36. The van der Waals surface area contributed by atoms with Crippen LogP contribution < -0.4 is 5.32 Å². The van der Waals surface area contributed by atoms with Crippen molar-refractivity contribution in [3.05, 3.63) is 29.6 Å². The first-order chi connectivity index (χ1) is 8.84. The van der Waals surface area contributed by atoms with Crippen LogP contribution in [0.4, 0.5) is 0 Å². The van der Waals surface area contributed by atoms with Gasteiger partial charge in [-0.05, 0) is 30.9 Å². The fourth-order valence-corrected chi connectivity index (χ4v) is 1.88. The number of hydrogen-bond acceptors (Lipinski definition) is 4. The van der Waals surface area contributed by atoms with Gasteiger partial charge in [0.25, 0.3) is 5.91 Å². The second-order valence-corrected chi connectivity index (χ2v) is 5.44. The molecule has 5 nitrogen and oxygen atoms in total. The van der Waals surface area contributed by atoms with Crippen molar-refractivity contribution in [2.75, 3.05) is 6.54 Å². The van der Waals surface area contributed by atoms with Crippen molar-refractivity contribution < 1.29 is 9.90 Å². The predicted octanol–water partition coefficient (Wildman–Crippen LogP) is 1.48. The molecule has 0 aromatic carbocycles. The Morgan fingerprint density at radius 1 is 1.58 bits per heavy atom. The van der Waals surface area contributed by atoms with Crippen LogP contribution in [0.15, 0.2) is 18.3 Å². The largest absolute Gasteiger partial charge is 0.393 e. The summed E-state index contributed by atoms with van der Waals surface area (Å²) in [6, 6.07) is 5.03. The number of hydrogen-bond donors (Lipinski definition) is 2. The monoisotopic (exact) mass is 261 g/mol. The van der Waals surface area contributed by atoms with E-state index < -0.39 is 6.10 Å². The van der Waals surface area contributed by atoms with E-state index in [-0.39, 0.29) is 17.0 Å². The highest BCUT2D eigenvalue weighted by Gasteiger charge is 2.21. The molecular formula is C14H19N3O2. The van der Waals surface area contributed by atoms with Gasteiger partial charge in [-0.25, -0.2) is 4.98 Å². The van der Waals surface area contributed by atoms with Crippen LogP contribution in [-0.2, 0) is 0 Å². The number of aliphatic hydroxyl groups is 1. The maximum atomic E-state index is 11.9. The summed E-state index contributed by atoms with van der Waals surface area (Å²) in [4.78, 5) is 15.8. The molecule has 1 aromatic rings. The minimum absolute atomic E-state index is 0.184. The van der Waals surface area contributed by atoms with Crippen molar-refractivity contribution in [1.29, 1.82) is 5.26 Å². The average Bonchev–Trinajstić information content (AvgIpc) is 2.34. The third kappa shape index (κ3) is 5.06. The fraction of sp³-hybridized carbons (Fsp3) is 0.500. The molecule has 0 aliphatic carbocycles. The van der Waals surface area contributed by atoms with Gasteiger partial charge in [-0.15, -0.1) is 0 Å². The van der Waals surface area contributed by atoms with E-state index in [1.807, 2.05) is 19.9 Å². The highest BCUT2D eigenvalue weighted by Crippen LogP contribution is 2.21. The van der Waals surface area contributed by atoms with E-state index in [2.05, 4.69) is 10.3 Å². The normalized spacial score (nSPS) is 12.6. The molecule has 0 saturated heterocycles. The van der Waals surface area contributed by atoms with Gasteiger partial charge in [0.15, 0.2) is 0 Å². The first-order valence-electron chi connectivity index (χ1n) is 6.16. The molecular weight excluding hydrogens is 242 g/mol. The Morgan fingerprint density at radius 2 is 2.26 bits per heavy atom. The van der Waals surface area contributed by atoms with Crippen LogP contribution >= 0.6 is 0 Å². The molecule has 0 bridgehead atoms. The van der Waals surface area contributed by atoms with E-state index in [4.69, 9.17) is 5.26 Å². The number of nitriles is 1. The zero-order valence-electron chi connectivity index (χ0n) is 11.5. The van der Waals surface area contributed by atoms with Gasteiger partial charge in [0, 0.05) is 12.7 Å². The molecule has 5 heteroatoms. The van der Waals surface area contributed by atoms with Crippen molar-refractivity contribution in [2.24, 2.45) is 5.41 Å². The Balaban J connectivity index is 2.58. The first kappa shape index (κ1) is 15.1. The standard InChI is InChI=1S/C14H19N3O2/c1-10(18)6-14(2,3)9-17-13(19)12-5-4-11(7-15)8-16-12/h4-5,8,10,18H,6,9H2,1-3H3,(H,17,19). The highest BCUT2D eigenvalue weighted by molar-refractivity contribution is 5.92. The Kier molecular flexibility index (Phi) is 5.02. The molecule has 1 aromatic heterocycles. The van der Waals surface area contributed by atoms with Crippen molar-refractivity contribution in [1.82, 2.24) is 10.3 Å². The van der Waals surface area contributed by atoms with Gasteiger partial charge in [-0.1, -0.05) is 13.8 Å². The molecule has 0 aliphatic rings. The second-order valence-electron chi connectivity index (χ2n) is 5.44. The van der Waals surface area contributed by atoms with Crippen LogP contribution in [-0.4, -0.2) is 28.6 Å². The molecule has 1 amide bonds. The summed E-state index contributed by atoms with van der Waals surface area (Å²) in [5.74, 6) is -0.275. The van der Waals surface area contributed by atoms with Crippen LogP contribution in [0.2, 0.25) is 0 Å². The van der Waals surface area contributed by atoms with Gasteiger partial charge in [-0.3, -0.25) is 4.79 Å². The number of aliphatic hydroxyl groups excluding tert-OH is 1. The average molecular weight is 261 g/mol. The van der Waals surface area contributed by atoms with Crippen LogP contribution in [0.1, 0.15) is 43.2 Å². The van der Waals surface area contributed by atoms with Gasteiger partial charge in [0.2, 0.25) is 0 Å². The van der Waals surface area contributed by atoms with Gasteiger partial charge in [0.1, 0.15) is 11.8 Å². The van der Waals surface area contributed by atoms with Crippen LogP contribution in [0, 0.1) is 16.7 Å². The summed E-state index contributed by atoms with van der Waals surface area (Å²) in [6.45, 7) is 6.14. The number of aromatic nitrogens is 1. The Hall–Kier alpha value is -1.93. The first-order valence-corrected chi connectivity index (χ1v) is 6.16. The van der Waals surface area contributed by atoms with E-state index in [1.54, 1.807) is 13.0 Å². The maximum Gasteiger partial charge on any atom is 0.269 e. The number of pyridine rings is 1. The predicted molar refractivity (Wildman–Crippen MR) is 71.4 cm³/mol. The third-order valence-corrected chi connectivity index (χ3v) is 2.70. The number of nitrogens with zero attached hydrogens (tertiary/aromatic N) is 2. The molecule has 0 saturated carbocycles. The second kappa shape index (κ2) is 6.30. The summed E-state index contributed by atoms with van der Waals surface area (Å²) in [6.07, 6.45) is 1.57. The minimum Gasteiger partial charge on any atom is -0.393 e. The van der Waals surface area contributed by atoms with Crippen LogP contribution in [0.25, 0.3) is 0 Å². The Labute approximate surface area is 113 Å². The molecule has 1 atom stereocenters. The molecule has 1 unspecified atom stereocenters. The number of carbonyl (C=O) groups excluding carboxylic acids is 1. The lowest BCUT2D eigenvalue weighted by molar-refractivity contribution is 0.0897. The quantitative estimate of drug-likeness (QED) is 0.840. The number of carbonyl (C=O) groups is 1. The molecule has 2 N–H and O–H groups in total. The lowest BCUT2D eigenvalue weighted by Gasteiger charge is -2.26. The van der Waals surface area contributed by atoms with Gasteiger partial charge >= 0.3 is 0 Å². The van der Waals surface area contributed by atoms with Gasteiger partial charge in [0.05, 0.1) is 11.7 Å².